The monoisotopic (exact) mass is 421 g/mol. The molecule has 0 saturated carbocycles. The molecule has 0 atom stereocenters. The fraction of sp³-hybridized carbons (Fsp3) is 0.591. The molecule has 0 fully saturated rings. The topological polar surface area (TPSA) is 106 Å². The number of carbonyl (C=O) groups is 3. The highest BCUT2D eigenvalue weighted by molar-refractivity contribution is 5.90. The number of alkyl carbamates (subject to hydrolysis) is 2. The predicted molar refractivity (Wildman–Crippen MR) is 116 cm³/mol. The molecule has 0 aliphatic carbocycles. The maximum Gasteiger partial charge on any atom is 0.407 e. The van der Waals surface area contributed by atoms with Crippen molar-refractivity contribution in [1.29, 1.82) is 0 Å². The van der Waals surface area contributed by atoms with Crippen LogP contribution in [0.1, 0.15) is 70.4 Å². The molecular formula is C22H35N3O5. The van der Waals surface area contributed by atoms with E-state index in [1.54, 1.807) is 32.0 Å². The highest BCUT2D eigenvalue weighted by atomic mass is 16.6. The summed E-state index contributed by atoms with van der Waals surface area (Å²) in [4.78, 5) is 35.4. The molecule has 0 aromatic heterocycles. The van der Waals surface area contributed by atoms with Crippen molar-refractivity contribution < 1.29 is 23.9 Å². The highest BCUT2D eigenvalue weighted by Crippen LogP contribution is 2.18. The number of rotatable bonds is 13. The summed E-state index contributed by atoms with van der Waals surface area (Å²) < 4.78 is 10.3. The molecule has 1 aromatic rings. The van der Waals surface area contributed by atoms with Crippen molar-refractivity contribution in [3.63, 3.8) is 0 Å². The van der Waals surface area contributed by atoms with Crippen LogP contribution in [0.4, 0.5) is 15.3 Å². The first-order valence-corrected chi connectivity index (χ1v) is 10.7. The molecule has 3 N–H and O–H groups in total. The van der Waals surface area contributed by atoms with Crippen LogP contribution in [0.3, 0.4) is 0 Å². The van der Waals surface area contributed by atoms with Gasteiger partial charge >= 0.3 is 12.2 Å². The first-order valence-electron chi connectivity index (χ1n) is 10.7. The molecule has 0 aliphatic heterocycles. The minimum Gasteiger partial charge on any atom is -0.445 e. The third kappa shape index (κ3) is 11.3. The molecule has 3 amide bonds. The van der Waals surface area contributed by atoms with Gasteiger partial charge in [-0.05, 0) is 49.6 Å². The van der Waals surface area contributed by atoms with Crippen molar-refractivity contribution in [3.05, 3.63) is 29.3 Å². The third-order valence-corrected chi connectivity index (χ3v) is 4.23. The summed E-state index contributed by atoms with van der Waals surface area (Å²) in [7, 11) is 0. The summed E-state index contributed by atoms with van der Waals surface area (Å²) >= 11 is 0. The summed E-state index contributed by atoms with van der Waals surface area (Å²) in [6, 6.07) is 5.28. The molecule has 0 bridgehead atoms. The van der Waals surface area contributed by atoms with Gasteiger partial charge in [0.1, 0.15) is 13.2 Å². The van der Waals surface area contributed by atoms with E-state index in [-0.39, 0.29) is 19.1 Å². The lowest BCUT2D eigenvalue weighted by Crippen LogP contribution is -2.24. The summed E-state index contributed by atoms with van der Waals surface area (Å²) in [5.74, 6) is -0.0658. The maximum atomic E-state index is 12.3. The van der Waals surface area contributed by atoms with E-state index in [2.05, 4.69) is 22.9 Å². The van der Waals surface area contributed by atoms with Gasteiger partial charge in [-0.1, -0.05) is 32.6 Å². The van der Waals surface area contributed by atoms with Gasteiger partial charge in [0.05, 0.1) is 0 Å². The Kier molecular flexibility index (Phi) is 12.7. The lowest BCUT2D eigenvalue weighted by Gasteiger charge is -2.12. The van der Waals surface area contributed by atoms with E-state index in [1.807, 2.05) is 0 Å². The van der Waals surface area contributed by atoms with Gasteiger partial charge in [0.15, 0.2) is 0 Å². The molecule has 0 saturated heterocycles. The second-order valence-corrected chi connectivity index (χ2v) is 6.96. The molecule has 8 heteroatoms. The zero-order chi connectivity index (χ0) is 22.2. The standard InChI is InChI=1S/C22H35N3O5/c1-4-7-8-9-10-11-20(26)25-19-13-17(15-29-21(27)23-5-2)12-18(14-19)16-30-22(28)24-6-3/h12-14H,4-11,15-16H2,1-3H3,(H,23,27)(H,24,28)(H,25,26). The zero-order valence-electron chi connectivity index (χ0n) is 18.3. The predicted octanol–water partition coefficient (Wildman–Crippen LogP) is 4.48. The molecular weight excluding hydrogens is 386 g/mol. The van der Waals surface area contributed by atoms with Crippen LogP contribution in [0, 0.1) is 0 Å². The number of hydrogen-bond acceptors (Lipinski definition) is 5. The lowest BCUT2D eigenvalue weighted by molar-refractivity contribution is -0.116. The minimum absolute atomic E-state index is 0.0424. The number of amides is 3. The largest absolute Gasteiger partial charge is 0.445 e. The van der Waals surface area contributed by atoms with Crippen molar-refractivity contribution in [2.24, 2.45) is 0 Å². The van der Waals surface area contributed by atoms with Crippen LogP contribution in [-0.4, -0.2) is 31.2 Å². The van der Waals surface area contributed by atoms with Crippen LogP contribution < -0.4 is 16.0 Å². The maximum absolute atomic E-state index is 12.3. The molecule has 0 heterocycles. The first kappa shape index (κ1) is 25.3. The number of ether oxygens (including phenoxy) is 2. The van der Waals surface area contributed by atoms with Crippen LogP contribution in [0.5, 0.6) is 0 Å². The number of hydrogen-bond donors (Lipinski definition) is 3. The number of nitrogens with one attached hydrogen (secondary N) is 3. The van der Waals surface area contributed by atoms with E-state index in [1.165, 1.54) is 12.8 Å². The van der Waals surface area contributed by atoms with Crippen molar-refractivity contribution >= 4 is 23.8 Å². The van der Waals surface area contributed by atoms with Gasteiger partial charge in [-0.3, -0.25) is 4.79 Å². The summed E-state index contributed by atoms with van der Waals surface area (Å²) in [6.07, 6.45) is 4.79. The van der Waals surface area contributed by atoms with Gasteiger partial charge in [-0.15, -0.1) is 0 Å². The van der Waals surface area contributed by atoms with Crippen molar-refractivity contribution in [1.82, 2.24) is 10.6 Å². The minimum atomic E-state index is -0.515. The van der Waals surface area contributed by atoms with Crippen LogP contribution in [0.2, 0.25) is 0 Å². The second kappa shape index (κ2) is 15.1. The average Bonchev–Trinajstić information content (AvgIpc) is 2.71. The molecule has 0 aliphatic rings. The highest BCUT2D eigenvalue weighted by Gasteiger charge is 2.09. The Morgan fingerprint density at radius 1 is 0.767 bits per heavy atom. The van der Waals surface area contributed by atoms with Gasteiger partial charge < -0.3 is 25.4 Å². The SMILES string of the molecule is CCCCCCCC(=O)Nc1cc(COC(=O)NCC)cc(COC(=O)NCC)c1. The smallest absolute Gasteiger partial charge is 0.407 e. The Labute approximate surface area is 179 Å². The summed E-state index contributed by atoms with van der Waals surface area (Å²) in [5.41, 5.74) is 1.97. The van der Waals surface area contributed by atoms with E-state index in [0.29, 0.717) is 36.3 Å². The van der Waals surface area contributed by atoms with Gasteiger partial charge in [0, 0.05) is 25.2 Å². The molecule has 0 radical (unpaired) electrons. The van der Waals surface area contributed by atoms with E-state index in [0.717, 1.165) is 19.3 Å². The van der Waals surface area contributed by atoms with Gasteiger partial charge in [-0.25, -0.2) is 9.59 Å². The first-order chi connectivity index (χ1) is 14.5. The number of carbonyl (C=O) groups excluding carboxylic acids is 3. The van der Waals surface area contributed by atoms with E-state index >= 15 is 0 Å². The normalized spacial score (nSPS) is 10.2. The molecule has 0 unspecified atom stereocenters. The van der Waals surface area contributed by atoms with Crippen LogP contribution in [-0.2, 0) is 27.5 Å². The van der Waals surface area contributed by atoms with Gasteiger partial charge in [-0.2, -0.15) is 0 Å². The van der Waals surface area contributed by atoms with Crippen molar-refractivity contribution in [3.8, 4) is 0 Å². The number of anilines is 1. The fourth-order valence-electron chi connectivity index (χ4n) is 2.80. The third-order valence-electron chi connectivity index (χ3n) is 4.23. The number of benzene rings is 1. The molecule has 8 nitrogen and oxygen atoms in total. The average molecular weight is 422 g/mol. The van der Waals surface area contributed by atoms with Gasteiger partial charge in [0.2, 0.25) is 5.91 Å². The Morgan fingerprint density at radius 2 is 1.30 bits per heavy atom. The quantitative estimate of drug-likeness (QED) is 0.407. The molecule has 1 rings (SSSR count). The Bertz CT molecular complexity index is 638. The van der Waals surface area contributed by atoms with Crippen LogP contribution in [0.25, 0.3) is 0 Å². The number of unbranched alkanes of at least 4 members (excludes halogenated alkanes) is 4. The lowest BCUT2D eigenvalue weighted by atomic mass is 10.1. The fourth-order valence-corrected chi connectivity index (χ4v) is 2.80. The Balaban J connectivity index is 2.74. The van der Waals surface area contributed by atoms with E-state index in [9.17, 15) is 14.4 Å². The molecule has 1 aromatic carbocycles. The second-order valence-electron chi connectivity index (χ2n) is 6.96. The molecule has 0 spiro atoms. The molecule has 30 heavy (non-hydrogen) atoms. The van der Waals surface area contributed by atoms with Crippen LogP contribution >= 0.6 is 0 Å². The summed E-state index contributed by atoms with van der Waals surface area (Å²) in [5, 5.41) is 8.01. The van der Waals surface area contributed by atoms with Gasteiger partial charge in [0.25, 0.3) is 0 Å². The van der Waals surface area contributed by atoms with E-state index < -0.39 is 12.2 Å². The Hall–Kier alpha value is -2.77. The van der Waals surface area contributed by atoms with Crippen LogP contribution in [0.15, 0.2) is 18.2 Å². The van der Waals surface area contributed by atoms with Crippen molar-refractivity contribution in [2.45, 2.75) is 72.5 Å². The van der Waals surface area contributed by atoms with Crippen molar-refractivity contribution in [2.75, 3.05) is 18.4 Å². The Morgan fingerprint density at radius 3 is 1.80 bits per heavy atom. The zero-order valence-corrected chi connectivity index (χ0v) is 18.3. The summed E-state index contributed by atoms with van der Waals surface area (Å²) in [6.45, 7) is 6.79. The molecule has 168 valence electrons. The van der Waals surface area contributed by atoms with E-state index in [4.69, 9.17) is 9.47 Å².